The maximum atomic E-state index is 6.04. The summed E-state index contributed by atoms with van der Waals surface area (Å²) in [5, 5.41) is 0. The standard InChI is InChI=1S/C25H34Br4N2O2/c1-15(13-30)5-7-32-23-19(26)9-17(10-20(23)27)25(3,4)18-11-21(28)24(22(29)12-18)33-8-6-16(2)14-31/h9-12,15-16H,5-8,13-14,30-31H2,1-4H3. The minimum Gasteiger partial charge on any atom is -0.491 e. The van der Waals surface area contributed by atoms with Crippen molar-refractivity contribution in [2.24, 2.45) is 23.3 Å². The summed E-state index contributed by atoms with van der Waals surface area (Å²) < 4.78 is 15.8. The van der Waals surface area contributed by atoms with Crippen LogP contribution in [0.1, 0.15) is 51.7 Å². The van der Waals surface area contributed by atoms with Crippen LogP contribution >= 0.6 is 63.7 Å². The fraction of sp³-hybridized carbons (Fsp3) is 0.520. The lowest BCUT2D eigenvalue weighted by molar-refractivity contribution is 0.282. The van der Waals surface area contributed by atoms with Crippen molar-refractivity contribution >= 4 is 63.7 Å². The van der Waals surface area contributed by atoms with Crippen molar-refractivity contribution in [2.45, 2.75) is 46.0 Å². The highest BCUT2D eigenvalue weighted by Crippen LogP contribution is 2.44. The highest BCUT2D eigenvalue weighted by Gasteiger charge is 2.27. The third-order valence-corrected chi connectivity index (χ3v) is 8.31. The van der Waals surface area contributed by atoms with E-state index in [0.29, 0.717) is 38.1 Å². The van der Waals surface area contributed by atoms with Gasteiger partial charge in [-0.15, -0.1) is 0 Å². The van der Waals surface area contributed by atoms with Gasteiger partial charge in [0, 0.05) is 5.41 Å². The molecule has 2 aromatic carbocycles. The number of rotatable bonds is 12. The molecule has 2 atom stereocenters. The molecule has 0 fully saturated rings. The third kappa shape index (κ3) is 7.94. The molecule has 0 heterocycles. The van der Waals surface area contributed by atoms with Gasteiger partial charge in [-0.05, 0) is 137 Å². The molecule has 0 aromatic heterocycles. The first-order valence-electron chi connectivity index (χ1n) is 11.2. The van der Waals surface area contributed by atoms with E-state index < -0.39 is 0 Å². The zero-order valence-electron chi connectivity index (χ0n) is 19.7. The Morgan fingerprint density at radius 1 is 0.697 bits per heavy atom. The largest absolute Gasteiger partial charge is 0.491 e. The molecular weight excluding hydrogens is 680 g/mol. The van der Waals surface area contributed by atoms with Crippen LogP contribution in [0.2, 0.25) is 0 Å². The van der Waals surface area contributed by atoms with E-state index in [9.17, 15) is 0 Å². The van der Waals surface area contributed by atoms with E-state index in [0.717, 1.165) is 53.4 Å². The van der Waals surface area contributed by atoms with Gasteiger partial charge in [-0.1, -0.05) is 27.7 Å². The lowest BCUT2D eigenvalue weighted by Gasteiger charge is -2.28. The summed E-state index contributed by atoms with van der Waals surface area (Å²) in [5.41, 5.74) is 13.5. The molecule has 2 rings (SSSR count). The van der Waals surface area contributed by atoms with Gasteiger partial charge in [-0.2, -0.15) is 0 Å². The Kier molecular flexibility index (Phi) is 11.7. The Bertz CT molecular complexity index is 817. The van der Waals surface area contributed by atoms with Gasteiger partial charge in [0.25, 0.3) is 0 Å². The van der Waals surface area contributed by atoms with E-state index >= 15 is 0 Å². The van der Waals surface area contributed by atoms with Crippen molar-refractivity contribution in [3.63, 3.8) is 0 Å². The van der Waals surface area contributed by atoms with Crippen LogP contribution in [0.15, 0.2) is 42.2 Å². The van der Waals surface area contributed by atoms with E-state index in [4.69, 9.17) is 20.9 Å². The normalized spacial score (nSPS) is 13.6. The molecule has 0 aliphatic carbocycles. The molecule has 0 bridgehead atoms. The molecule has 0 amide bonds. The van der Waals surface area contributed by atoms with Crippen LogP contribution in [0.5, 0.6) is 11.5 Å². The molecule has 0 saturated carbocycles. The molecule has 0 aliphatic rings. The summed E-state index contributed by atoms with van der Waals surface area (Å²) in [6.07, 6.45) is 1.84. The molecule has 0 radical (unpaired) electrons. The van der Waals surface area contributed by atoms with Crippen LogP contribution in [-0.2, 0) is 5.41 Å². The summed E-state index contributed by atoms with van der Waals surface area (Å²) in [5.74, 6) is 2.51. The van der Waals surface area contributed by atoms with Crippen LogP contribution in [0, 0.1) is 11.8 Å². The maximum absolute atomic E-state index is 6.04. The number of halogens is 4. The lowest BCUT2D eigenvalue weighted by atomic mass is 9.78. The first kappa shape index (κ1) is 29.1. The Labute approximate surface area is 232 Å². The molecule has 8 heteroatoms. The van der Waals surface area contributed by atoms with Gasteiger partial charge in [0.15, 0.2) is 0 Å². The van der Waals surface area contributed by atoms with Gasteiger partial charge >= 0.3 is 0 Å². The topological polar surface area (TPSA) is 70.5 Å². The molecule has 33 heavy (non-hydrogen) atoms. The Balaban J connectivity index is 2.24. The van der Waals surface area contributed by atoms with Crippen LogP contribution in [0.25, 0.3) is 0 Å². The molecule has 0 saturated heterocycles. The van der Waals surface area contributed by atoms with Crippen molar-refractivity contribution in [1.82, 2.24) is 0 Å². The van der Waals surface area contributed by atoms with Crippen LogP contribution in [-0.4, -0.2) is 26.3 Å². The summed E-state index contributed by atoms with van der Waals surface area (Å²) in [6.45, 7) is 11.3. The second kappa shape index (κ2) is 13.3. The van der Waals surface area contributed by atoms with Gasteiger partial charge in [0.2, 0.25) is 0 Å². The Morgan fingerprint density at radius 2 is 1.00 bits per heavy atom. The minimum atomic E-state index is -0.255. The van der Waals surface area contributed by atoms with Crippen LogP contribution < -0.4 is 20.9 Å². The number of hydrogen-bond acceptors (Lipinski definition) is 4. The van der Waals surface area contributed by atoms with Gasteiger partial charge in [0.05, 0.1) is 31.1 Å². The average Bonchev–Trinajstić information content (AvgIpc) is 2.76. The molecular formula is C25H34Br4N2O2. The Hall–Kier alpha value is -0.120. The van der Waals surface area contributed by atoms with Gasteiger partial charge in [-0.25, -0.2) is 0 Å². The monoisotopic (exact) mass is 710 g/mol. The SMILES string of the molecule is CC(CN)CCOc1c(Br)cc(C(C)(C)c2cc(Br)c(OCCC(C)CN)c(Br)c2)cc1Br. The summed E-state index contributed by atoms with van der Waals surface area (Å²) in [4.78, 5) is 0. The van der Waals surface area contributed by atoms with Crippen molar-refractivity contribution in [1.29, 1.82) is 0 Å². The molecule has 184 valence electrons. The molecule has 2 unspecified atom stereocenters. The van der Waals surface area contributed by atoms with Crippen molar-refractivity contribution in [3.05, 3.63) is 53.3 Å². The molecule has 4 nitrogen and oxygen atoms in total. The van der Waals surface area contributed by atoms with Crippen molar-refractivity contribution < 1.29 is 9.47 Å². The van der Waals surface area contributed by atoms with Gasteiger partial charge in [-0.3, -0.25) is 0 Å². The zero-order chi connectivity index (χ0) is 24.8. The van der Waals surface area contributed by atoms with Crippen molar-refractivity contribution in [3.8, 4) is 11.5 Å². The van der Waals surface area contributed by atoms with Crippen LogP contribution in [0.3, 0.4) is 0 Å². The van der Waals surface area contributed by atoms with E-state index in [1.54, 1.807) is 0 Å². The third-order valence-electron chi connectivity index (χ3n) is 5.96. The number of nitrogens with two attached hydrogens (primary N) is 2. The minimum absolute atomic E-state index is 0.255. The number of ether oxygens (including phenoxy) is 2. The van der Waals surface area contributed by atoms with Crippen LogP contribution in [0.4, 0.5) is 0 Å². The quantitative estimate of drug-likeness (QED) is 0.236. The zero-order valence-corrected chi connectivity index (χ0v) is 26.0. The number of hydrogen-bond donors (Lipinski definition) is 2. The lowest BCUT2D eigenvalue weighted by Crippen LogP contribution is -2.20. The van der Waals surface area contributed by atoms with E-state index in [-0.39, 0.29) is 5.41 Å². The fourth-order valence-corrected chi connectivity index (χ4v) is 6.07. The Morgan fingerprint density at radius 3 is 1.27 bits per heavy atom. The smallest absolute Gasteiger partial charge is 0.147 e. The molecule has 0 spiro atoms. The second-order valence-electron chi connectivity index (χ2n) is 9.12. The molecule has 0 aliphatic heterocycles. The van der Waals surface area contributed by atoms with Crippen molar-refractivity contribution in [2.75, 3.05) is 26.3 Å². The van der Waals surface area contributed by atoms with E-state index in [2.05, 4.69) is 116 Å². The highest BCUT2D eigenvalue weighted by atomic mass is 79.9. The molecule has 2 aromatic rings. The maximum Gasteiger partial charge on any atom is 0.147 e. The predicted molar refractivity (Wildman–Crippen MR) is 152 cm³/mol. The fourth-order valence-electron chi connectivity index (χ4n) is 3.24. The van der Waals surface area contributed by atoms with Gasteiger partial charge < -0.3 is 20.9 Å². The van der Waals surface area contributed by atoms with Gasteiger partial charge in [0.1, 0.15) is 11.5 Å². The number of benzene rings is 2. The average molecular weight is 714 g/mol. The first-order valence-corrected chi connectivity index (χ1v) is 14.3. The van der Waals surface area contributed by atoms with E-state index in [1.807, 2.05) is 0 Å². The highest BCUT2D eigenvalue weighted by molar-refractivity contribution is 9.11. The summed E-state index contributed by atoms with van der Waals surface area (Å²) in [7, 11) is 0. The first-order chi connectivity index (χ1) is 15.5. The second-order valence-corrected chi connectivity index (χ2v) is 12.5. The summed E-state index contributed by atoms with van der Waals surface area (Å²) in [6, 6.07) is 8.53. The predicted octanol–water partition coefficient (Wildman–Crippen LogP) is 7.79. The van der Waals surface area contributed by atoms with E-state index in [1.165, 1.54) is 0 Å². The summed E-state index contributed by atoms with van der Waals surface area (Å²) >= 11 is 14.8. The molecule has 4 N–H and O–H groups in total.